The molecule has 1 aromatic carbocycles. The molecule has 2 rings (SSSR count). The zero-order valence-electron chi connectivity index (χ0n) is 11.0. The molecule has 20 heavy (non-hydrogen) atoms. The first-order valence-corrected chi connectivity index (χ1v) is 6.54. The van der Waals surface area contributed by atoms with Gasteiger partial charge in [0.15, 0.2) is 0 Å². The zero-order chi connectivity index (χ0) is 14.8. The van der Waals surface area contributed by atoms with E-state index >= 15 is 0 Å². The summed E-state index contributed by atoms with van der Waals surface area (Å²) in [5.74, 6) is 0.285. The van der Waals surface area contributed by atoms with E-state index in [4.69, 9.17) is 5.73 Å². The summed E-state index contributed by atoms with van der Waals surface area (Å²) in [7, 11) is 0. The Morgan fingerprint density at radius 2 is 1.95 bits per heavy atom. The predicted molar refractivity (Wildman–Crippen MR) is 68.9 cm³/mol. The Balaban J connectivity index is 1.95. The monoisotopic (exact) mass is 286 g/mol. The molecule has 6 heteroatoms. The van der Waals surface area contributed by atoms with E-state index in [1.54, 1.807) is 4.90 Å². The lowest BCUT2D eigenvalue weighted by atomic mass is 10.1. The van der Waals surface area contributed by atoms with Crippen molar-refractivity contribution in [1.29, 1.82) is 0 Å². The average Bonchev–Trinajstić information content (AvgIpc) is 2.87. The van der Waals surface area contributed by atoms with Crippen molar-refractivity contribution in [2.24, 2.45) is 11.7 Å². The highest BCUT2D eigenvalue weighted by atomic mass is 19.4. The smallest absolute Gasteiger partial charge is 0.342 e. The number of rotatable bonds is 3. The summed E-state index contributed by atoms with van der Waals surface area (Å²) in [6.07, 6.45) is -3.31. The van der Waals surface area contributed by atoms with Crippen LogP contribution < -0.4 is 5.73 Å². The van der Waals surface area contributed by atoms with Gasteiger partial charge in [-0.25, -0.2) is 0 Å². The number of amides is 1. The van der Waals surface area contributed by atoms with Crippen LogP contribution >= 0.6 is 0 Å². The molecule has 0 aliphatic carbocycles. The predicted octanol–water partition coefficient (Wildman–Crippen LogP) is 2.06. The normalized spacial score (nSPS) is 19.4. The van der Waals surface area contributed by atoms with Gasteiger partial charge in [0.1, 0.15) is 0 Å². The fourth-order valence-corrected chi connectivity index (χ4v) is 2.35. The Labute approximate surface area is 115 Å². The molecule has 1 aliphatic rings. The first-order valence-electron chi connectivity index (χ1n) is 6.54. The van der Waals surface area contributed by atoms with Crippen LogP contribution in [0.1, 0.15) is 17.5 Å². The number of hydrogen-bond donors (Lipinski definition) is 1. The maximum Gasteiger partial charge on any atom is 0.416 e. The van der Waals surface area contributed by atoms with Crippen LogP contribution in [0.5, 0.6) is 0 Å². The van der Waals surface area contributed by atoms with Crippen molar-refractivity contribution in [2.75, 3.05) is 19.6 Å². The molecule has 1 heterocycles. The lowest BCUT2D eigenvalue weighted by Gasteiger charge is -2.16. The molecule has 0 unspecified atom stereocenters. The summed E-state index contributed by atoms with van der Waals surface area (Å²) in [4.78, 5) is 13.8. The number of nitrogens with zero attached hydrogens (tertiary/aromatic N) is 1. The van der Waals surface area contributed by atoms with Gasteiger partial charge < -0.3 is 10.6 Å². The number of nitrogens with two attached hydrogens (primary N) is 1. The highest BCUT2D eigenvalue weighted by Gasteiger charge is 2.30. The Kier molecular flexibility index (Phi) is 4.32. The lowest BCUT2D eigenvalue weighted by Crippen LogP contribution is -2.31. The van der Waals surface area contributed by atoms with Crippen molar-refractivity contribution in [3.05, 3.63) is 35.4 Å². The third-order valence-corrected chi connectivity index (χ3v) is 3.61. The van der Waals surface area contributed by atoms with Crippen molar-refractivity contribution < 1.29 is 18.0 Å². The van der Waals surface area contributed by atoms with Crippen LogP contribution in [0.4, 0.5) is 13.2 Å². The largest absolute Gasteiger partial charge is 0.416 e. The molecule has 0 saturated carbocycles. The Hall–Kier alpha value is -1.56. The standard InChI is InChI=1S/C14H17F3N2O/c15-14(16,17)12-3-1-10(2-4-12)7-13(20)19-6-5-11(8-18)9-19/h1-4,11H,5-9,18H2/t11-/m1/s1. The molecular formula is C14H17F3N2O. The van der Waals surface area contributed by atoms with Crippen molar-refractivity contribution in [2.45, 2.75) is 19.0 Å². The van der Waals surface area contributed by atoms with Gasteiger partial charge >= 0.3 is 6.18 Å². The minimum Gasteiger partial charge on any atom is -0.342 e. The van der Waals surface area contributed by atoms with Gasteiger partial charge in [0.25, 0.3) is 0 Å². The van der Waals surface area contributed by atoms with Gasteiger partial charge in [-0.2, -0.15) is 13.2 Å². The van der Waals surface area contributed by atoms with E-state index in [9.17, 15) is 18.0 Å². The van der Waals surface area contributed by atoms with E-state index in [0.29, 0.717) is 31.1 Å². The maximum absolute atomic E-state index is 12.4. The minimum absolute atomic E-state index is 0.0549. The molecule has 0 bridgehead atoms. The Bertz CT molecular complexity index is 470. The number of carbonyl (C=O) groups is 1. The molecule has 1 atom stereocenters. The van der Waals surface area contributed by atoms with E-state index in [1.807, 2.05) is 0 Å². The van der Waals surface area contributed by atoms with Gasteiger partial charge in [-0.1, -0.05) is 12.1 Å². The van der Waals surface area contributed by atoms with Crippen LogP contribution in [0.3, 0.4) is 0 Å². The summed E-state index contributed by atoms with van der Waals surface area (Å²) in [5, 5.41) is 0. The Morgan fingerprint density at radius 1 is 1.30 bits per heavy atom. The van der Waals surface area contributed by atoms with Crippen molar-refractivity contribution >= 4 is 5.91 Å². The molecule has 1 amide bonds. The number of benzene rings is 1. The van der Waals surface area contributed by atoms with Gasteiger partial charge in [0.05, 0.1) is 12.0 Å². The minimum atomic E-state index is -4.34. The third-order valence-electron chi connectivity index (χ3n) is 3.61. The summed E-state index contributed by atoms with van der Waals surface area (Å²) >= 11 is 0. The van der Waals surface area contributed by atoms with Crippen molar-refractivity contribution in [1.82, 2.24) is 4.90 Å². The molecule has 1 aromatic rings. The van der Waals surface area contributed by atoms with Crippen LogP contribution in [0.25, 0.3) is 0 Å². The lowest BCUT2D eigenvalue weighted by molar-refractivity contribution is -0.137. The average molecular weight is 286 g/mol. The van der Waals surface area contributed by atoms with Gasteiger partial charge in [-0.05, 0) is 36.6 Å². The molecule has 2 N–H and O–H groups in total. The summed E-state index contributed by atoms with van der Waals surface area (Å²) in [5.41, 5.74) is 5.46. The van der Waals surface area contributed by atoms with E-state index in [-0.39, 0.29) is 12.3 Å². The van der Waals surface area contributed by atoms with Crippen molar-refractivity contribution in [3.8, 4) is 0 Å². The fourth-order valence-electron chi connectivity index (χ4n) is 2.35. The third kappa shape index (κ3) is 3.50. The number of halogens is 3. The second-order valence-electron chi connectivity index (χ2n) is 5.10. The molecule has 0 aromatic heterocycles. The first-order chi connectivity index (χ1) is 9.40. The first kappa shape index (κ1) is 14.8. The second-order valence-corrected chi connectivity index (χ2v) is 5.10. The van der Waals surface area contributed by atoms with Crippen LogP contribution in [0, 0.1) is 5.92 Å². The maximum atomic E-state index is 12.4. The fraction of sp³-hybridized carbons (Fsp3) is 0.500. The molecule has 3 nitrogen and oxygen atoms in total. The number of likely N-dealkylation sites (tertiary alicyclic amines) is 1. The molecule has 1 fully saturated rings. The van der Waals surface area contributed by atoms with E-state index in [2.05, 4.69) is 0 Å². The summed E-state index contributed by atoms with van der Waals surface area (Å²) in [6, 6.07) is 4.74. The topological polar surface area (TPSA) is 46.3 Å². The molecular weight excluding hydrogens is 269 g/mol. The second kappa shape index (κ2) is 5.83. The highest BCUT2D eigenvalue weighted by Crippen LogP contribution is 2.29. The van der Waals surface area contributed by atoms with Crippen LogP contribution in [-0.4, -0.2) is 30.4 Å². The molecule has 0 spiro atoms. The molecule has 0 radical (unpaired) electrons. The quantitative estimate of drug-likeness (QED) is 0.924. The van der Waals surface area contributed by atoms with E-state index in [0.717, 1.165) is 18.6 Å². The number of alkyl halides is 3. The molecule has 1 aliphatic heterocycles. The summed E-state index contributed by atoms with van der Waals surface area (Å²) in [6.45, 7) is 1.89. The SMILES string of the molecule is NC[C@H]1CCN(C(=O)Cc2ccc(C(F)(F)F)cc2)C1. The van der Waals surface area contributed by atoms with Crippen molar-refractivity contribution in [3.63, 3.8) is 0 Å². The molecule has 110 valence electrons. The van der Waals surface area contributed by atoms with Gasteiger partial charge in [0, 0.05) is 13.1 Å². The summed E-state index contributed by atoms with van der Waals surface area (Å²) < 4.78 is 37.3. The van der Waals surface area contributed by atoms with Crippen LogP contribution in [0.15, 0.2) is 24.3 Å². The zero-order valence-corrected chi connectivity index (χ0v) is 11.0. The van der Waals surface area contributed by atoms with E-state index < -0.39 is 11.7 Å². The Morgan fingerprint density at radius 3 is 2.45 bits per heavy atom. The highest BCUT2D eigenvalue weighted by molar-refractivity contribution is 5.79. The van der Waals surface area contributed by atoms with Crippen LogP contribution in [-0.2, 0) is 17.4 Å². The van der Waals surface area contributed by atoms with Gasteiger partial charge in [-0.3, -0.25) is 4.79 Å². The van der Waals surface area contributed by atoms with Gasteiger partial charge in [0.2, 0.25) is 5.91 Å². The van der Waals surface area contributed by atoms with E-state index in [1.165, 1.54) is 12.1 Å². The number of hydrogen-bond acceptors (Lipinski definition) is 2. The number of carbonyl (C=O) groups excluding carboxylic acids is 1. The van der Waals surface area contributed by atoms with Gasteiger partial charge in [-0.15, -0.1) is 0 Å². The molecule has 1 saturated heterocycles. The van der Waals surface area contributed by atoms with Crippen LogP contribution in [0.2, 0.25) is 0 Å².